The summed E-state index contributed by atoms with van der Waals surface area (Å²) in [6, 6.07) is 14.9. The molecule has 3 rings (SSSR count). The van der Waals surface area contributed by atoms with Gasteiger partial charge in [0.1, 0.15) is 0 Å². The zero-order valence-electron chi connectivity index (χ0n) is 15.4. The van der Waals surface area contributed by atoms with E-state index < -0.39 is 17.9 Å². The van der Waals surface area contributed by atoms with Gasteiger partial charge in [-0.15, -0.1) is 0 Å². The Bertz CT molecular complexity index is 960. The number of fused-ring (bicyclic) bond motifs is 1. The van der Waals surface area contributed by atoms with Crippen LogP contribution in [0.5, 0.6) is 0 Å². The van der Waals surface area contributed by atoms with Crippen molar-refractivity contribution in [2.75, 3.05) is 11.9 Å². The van der Waals surface area contributed by atoms with Crippen molar-refractivity contribution < 1.29 is 14.7 Å². The molecule has 2 amide bonds. The Labute approximate surface area is 157 Å². The van der Waals surface area contributed by atoms with Gasteiger partial charge in [-0.2, -0.15) is 0 Å². The largest absolute Gasteiger partial charge is 0.387 e. The molecule has 0 aliphatic heterocycles. The lowest BCUT2D eigenvalue weighted by atomic mass is 10.1. The molecule has 0 saturated carbocycles. The van der Waals surface area contributed by atoms with Gasteiger partial charge in [0.25, 0.3) is 0 Å². The van der Waals surface area contributed by atoms with Crippen molar-refractivity contribution in [3.8, 4) is 0 Å². The molecule has 2 aromatic carbocycles. The van der Waals surface area contributed by atoms with Gasteiger partial charge in [0.2, 0.25) is 0 Å². The maximum Gasteiger partial charge on any atom is 0.313 e. The predicted molar refractivity (Wildman–Crippen MR) is 105 cm³/mol. The number of aromatic nitrogens is 1. The molecule has 0 saturated heterocycles. The first kappa shape index (κ1) is 18.7. The van der Waals surface area contributed by atoms with Crippen LogP contribution in [0.3, 0.4) is 0 Å². The van der Waals surface area contributed by atoms with Crippen LogP contribution in [0.1, 0.15) is 24.2 Å². The first-order chi connectivity index (χ1) is 13.0. The number of carbonyl (C=O) groups is 2. The Morgan fingerprint density at radius 3 is 2.52 bits per heavy atom. The highest BCUT2D eigenvalue weighted by molar-refractivity contribution is 6.39. The summed E-state index contributed by atoms with van der Waals surface area (Å²) < 4.78 is 1.99. The van der Waals surface area contributed by atoms with Gasteiger partial charge in [-0.05, 0) is 53.3 Å². The molecule has 6 nitrogen and oxygen atoms in total. The van der Waals surface area contributed by atoms with Crippen LogP contribution in [0, 0.1) is 0 Å². The van der Waals surface area contributed by atoms with E-state index in [1.54, 1.807) is 12.1 Å². The Hall–Kier alpha value is -3.12. The van der Waals surface area contributed by atoms with Crippen LogP contribution in [0.15, 0.2) is 54.7 Å². The number of aryl methyl sites for hydroxylation is 2. The molecule has 0 bridgehead atoms. The summed E-state index contributed by atoms with van der Waals surface area (Å²) in [5, 5.41) is 16.3. The number of anilines is 1. The average molecular weight is 365 g/mol. The molecular weight excluding hydrogens is 342 g/mol. The number of amides is 2. The van der Waals surface area contributed by atoms with Crippen LogP contribution in [0.2, 0.25) is 0 Å². The second kappa shape index (κ2) is 8.05. The summed E-state index contributed by atoms with van der Waals surface area (Å²) in [7, 11) is 1.95. The summed E-state index contributed by atoms with van der Waals surface area (Å²) in [6.45, 7) is 2.00. The zero-order valence-corrected chi connectivity index (χ0v) is 15.4. The van der Waals surface area contributed by atoms with E-state index in [2.05, 4.69) is 10.6 Å². The van der Waals surface area contributed by atoms with Gasteiger partial charge in [0, 0.05) is 31.0 Å². The molecule has 1 unspecified atom stereocenters. The molecule has 0 aliphatic carbocycles. The van der Waals surface area contributed by atoms with Crippen LogP contribution in [0.25, 0.3) is 10.9 Å². The number of hydrogen-bond donors (Lipinski definition) is 3. The van der Waals surface area contributed by atoms with Crippen molar-refractivity contribution in [1.29, 1.82) is 0 Å². The molecule has 6 heteroatoms. The molecule has 140 valence electrons. The van der Waals surface area contributed by atoms with E-state index in [0.717, 1.165) is 22.9 Å². The van der Waals surface area contributed by atoms with Crippen LogP contribution in [-0.2, 0) is 23.1 Å². The quantitative estimate of drug-likeness (QED) is 0.608. The topological polar surface area (TPSA) is 83.4 Å². The van der Waals surface area contributed by atoms with Crippen molar-refractivity contribution in [1.82, 2.24) is 9.88 Å². The Kier molecular flexibility index (Phi) is 5.57. The number of nitrogens with zero attached hydrogens (tertiary/aromatic N) is 1. The van der Waals surface area contributed by atoms with E-state index in [1.165, 1.54) is 0 Å². The van der Waals surface area contributed by atoms with Crippen LogP contribution >= 0.6 is 0 Å². The van der Waals surface area contributed by atoms with Crippen LogP contribution in [-0.4, -0.2) is 28.0 Å². The Balaban J connectivity index is 1.55. The molecular formula is C21H23N3O3. The number of aliphatic hydroxyl groups is 1. The summed E-state index contributed by atoms with van der Waals surface area (Å²) in [6.07, 6.45) is 1.96. The molecule has 0 radical (unpaired) electrons. The van der Waals surface area contributed by atoms with Crippen LogP contribution < -0.4 is 10.6 Å². The van der Waals surface area contributed by atoms with Gasteiger partial charge in [0.05, 0.1) is 6.10 Å². The lowest BCUT2D eigenvalue weighted by molar-refractivity contribution is -0.136. The van der Waals surface area contributed by atoms with Gasteiger partial charge < -0.3 is 20.3 Å². The molecule has 3 aromatic rings. The minimum atomic E-state index is -0.893. The van der Waals surface area contributed by atoms with Gasteiger partial charge in [0.15, 0.2) is 0 Å². The third-order valence-corrected chi connectivity index (χ3v) is 4.58. The van der Waals surface area contributed by atoms with Gasteiger partial charge in [-0.25, -0.2) is 0 Å². The molecule has 0 spiro atoms. The van der Waals surface area contributed by atoms with E-state index in [9.17, 15) is 14.7 Å². The van der Waals surface area contributed by atoms with Gasteiger partial charge >= 0.3 is 11.8 Å². The fraction of sp³-hybridized carbons (Fsp3) is 0.238. The van der Waals surface area contributed by atoms with E-state index in [4.69, 9.17) is 0 Å². The fourth-order valence-electron chi connectivity index (χ4n) is 2.91. The standard InChI is InChI=1S/C21H23N3O3/c1-3-14-4-7-17(8-5-14)23-21(27)20(26)22-13-19(25)16-6-9-18-15(12-16)10-11-24(18)2/h4-12,19,25H,3,13H2,1-2H3,(H,22,26)(H,23,27). The highest BCUT2D eigenvalue weighted by atomic mass is 16.3. The van der Waals surface area contributed by atoms with E-state index in [-0.39, 0.29) is 6.54 Å². The predicted octanol–water partition coefficient (Wildman–Crippen LogP) is 2.53. The molecule has 0 fully saturated rings. The normalized spacial score (nSPS) is 12.0. The summed E-state index contributed by atoms with van der Waals surface area (Å²) in [5.41, 5.74) is 3.45. The van der Waals surface area contributed by atoms with E-state index in [0.29, 0.717) is 11.3 Å². The number of aliphatic hydroxyl groups excluding tert-OH is 1. The van der Waals surface area contributed by atoms with Crippen molar-refractivity contribution in [2.45, 2.75) is 19.4 Å². The lowest BCUT2D eigenvalue weighted by Crippen LogP contribution is -2.37. The second-order valence-electron chi connectivity index (χ2n) is 6.48. The fourth-order valence-corrected chi connectivity index (χ4v) is 2.91. The van der Waals surface area contributed by atoms with Crippen molar-refractivity contribution in [3.05, 3.63) is 65.9 Å². The van der Waals surface area contributed by atoms with E-state index >= 15 is 0 Å². The molecule has 1 atom stereocenters. The minimum absolute atomic E-state index is 0.0423. The van der Waals surface area contributed by atoms with E-state index in [1.807, 2.05) is 61.1 Å². The number of rotatable bonds is 5. The van der Waals surface area contributed by atoms with Crippen molar-refractivity contribution in [2.24, 2.45) is 7.05 Å². The molecule has 3 N–H and O–H groups in total. The maximum absolute atomic E-state index is 12.0. The summed E-state index contributed by atoms with van der Waals surface area (Å²) >= 11 is 0. The molecule has 1 aromatic heterocycles. The van der Waals surface area contributed by atoms with Crippen LogP contribution in [0.4, 0.5) is 5.69 Å². The molecule has 27 heavy (non-hydrogen) atoms. The number of hydrogen-bond acceptors (Lipinski definition) is 3. The van der Waals surface area contributed by atoms with Gasteiger partial charge in [-0.3, -0.25) is 9.59 Å². The zero-order chi connectivity index (χ0) is 19.4. The average Bonchev–Trinajstić information content (AvgIpc) is 3.06. The Morgan fingerprint density at radius 1 is 1.07 bits per heavy atom. The number of benzene rings is 2. The third kappa shape index (κ3) is 4.35. The summed E-state index contributed by atoms with van der Waals surface area (Å²) in [4.78, 5) is 24.0. The first-order valence-corrected chi connectivity index (χ1v) is 8.89. The maximum atomic E-state index is 12.0. The summed E-state index contributed by atoms with van der Waals surface area (Å²) in [5.74, 6) is -1.54. The second-order valence-corrected chi connectivity index (χ2v) is 6.48. The van der Waals surface area contributed by atoms with Gasteiger partial charge in [-0.1, -0.05) is 25.1 Å². The number of nitrogens with one attached hydrogen (secondary N) is 2. The lowest BCUT2D eigenvalue weighted by Gasteiger charge is -2.13. The SMILES string of the molecule is CCc1ccc(NC(=O)C(=O)NCC(O)c2ccc3c(ccn3C)c2)cc1. The Morgan fingerprint density at radius 2 is 1.81 bits per heavy atom. The monoisotopic (exact) mass is 365 g/mol. The number of carbonyl (C=O) groups excluding carboxylic acids is 2. The first-order valence-electron chi connectivity index (χ1n) is 8.89. The third-order valence-electron chi connectivity index (χ3n) is 4.58. The highest BCUT2D eigenvalue weighted by Gasteiger charge is 2.16. The van der Waals surface area contributed by atoms with Crippen molar-refractivity contribution >= 4 is 28.4 Å². The smallest absolute Gasteiger partial charge is 0.313 e. The van der Waals surface area contributed by atoms with Crippen molar-refractivity contribution in [3.63, 3.8) is 0 Å². The molecule has 0 aliphatic rings. The highest BCUT2D eigenvalue weighted by Crippen LogP contribution is 2.20. The molecule has 1 heterocycles. The minimum Gasteiger partial charge on any atom is -0.387 e.